The van der Waals surface area contributed by atoms with Crippen LogP contribution in [-0.2, 0) is 0 Å². The van der Waals surface area contributed by atoms with Crippen molar-refractivity contribution in [2.75, 3.05) is 13.1 Å². The van der Waals surface area contributed by atoms with Crippen LogP contribution in [-0.4, -0.2) is 35.4 Å². The third-order valence-corrected chi connectivity index (χ3v) is 4.23. The fraction of sp³-hybridized carbons (Fsp3) is 0.500. The van der Waals surface area contributed by atoms with E-state index in [1.165, 1.54) is 24.3 Å². The number of carbonyl (C=O) groups excluding carboxylic acids is 1. The zero-order valence-corrected chi connectivity index (χ0v) is 12.2. The maximum atomic E-state index is 12.4. The summed E-state index contributed by atoms with van der Waals surface area (Å²) in [5.41, 5.74) is 1.77. The van der Waals surface area contributed by atoms with Crippen LogP contribution >= 0.6 is 11.8 Å². The Bertz CT molecular complexity index is 490. The van der Waals surface area contributed by atoms with Gasteiger partial charge in [0.25, 0.3) is 5.91 Å². The SMILES string of the molecule is NCC1CCCCN1C(=O)c1ccc(SC(F)(F)F)cc1. The first kappa shape index (κ1) is 16.2. The Hall–Kier alpha value is -1.21. The number of amides is 1. The number of rotatable bonds is 3. The Morgan fingerprint density at radius 3 is 2.52 bits per heavy atom. The molecule has 2 N–H and O–H groups in total. The zero-order chi connectivity index (χ0) is 15.5. The van der Waals surface area contributed by atoms with Crippen molar-refractivity contribution in [2.45, 2.75) is 35.7 Å². The monoisotopic (exact) mass is 318 g/mol. The van der Waals surface area contributed by atoms with Crippen molar-refractivity contribution in [3.8, 4) is 0 Å². The molecule has 3 nitrogen and oxygen atoms in total. The molecule has 116 valence electrons. The van der Waals surface area contributed by atoms with Crippen LogP contribution < -0.4 is 5.73 Å². The van der Waals surface area contributed by atoms with E-state index in [0.29, 0.717) is 18.7 Å². The third kappa shape index (κ3) is 4.38. The van der Waals surface area contributed by atoms with E-state index >= 15 is 0 Å². The predicted octanol–water partition coefficient (Wildman–Crippen LogP) is 3.25. The number of hydrogen-bond acceptors (Lipinski definition) is 3. The van der Waals surface area contributed by atoms with Gasteiger partial charge in [-0.25, -0.2) is 0 Å². The third-order valence-electron chi connectivity index (χ3n) is 3.49. The minimum Gasteiger partial charge on any atom is -0.334 e. The van der Waals surface area contributed by atoms with Crippen molar-refractivity contribution < 1.29 is 18.0 Å². The molecular formula is C14H17F3N2OS. The molecule has 1 atom stereocenters. The lowest BCUT2D eigenvalue weighted by molar-refractivity contribution is -0.0328. The summed E-state index contributed by atoms with van der Waals surface area (Å²) in [7, 11) is 0. The maximum absolute atomic E-state index is 12.4. The highest BCUT2D eigenvalue weighted by molar-refractivity contribution is 8.00. The molecule has 7 heteroatoms. The van der Waals surface area contributed by atoms with Crippen molar-refractivity contribution in [1.29, 1.82) is 0 Å². The summed E-state index contributed by atoms with van der Waals surface area (Å²) in [6.45, 7) is 1.06. The van der Waals surface area contributed by atoms with E-state index in [1.54, 1.807) is 4.90 Å². The number of piperidine rings is 1. The first-order valence-electron chi connectivity index (χ1n) is 6.77. The van der Waals surface area contributed by atoms with Crippen LogP contribution in [0.4, 0.5) is 13.2 Å². The highest BCUT2D eigenvalue weighted by Crippen LogP contribution is 2.36. The van der Waals surface area contributed by atoms with Crippen LogP contribution in [0.1, 0.15) is 29.6 Å². The number of likely N-dealkylation sites (tertiary alicyclic amines) is 1. The lowest BCUT2D eigenvalue weighted by atomic mass is 10.0. The van der Waals surface area contributed by atoms with Crippen LogP contribution in [0, 0.1) is 0 Å². The van der Waals surface area contributed by atoms with E-state index in [9.17, 15) is 18.0 Å². The van der Waals surface area contributed by atoms with Crippen molar-refractivity contribution >= 4 is 17.7 Å². The molecule has 1 heterocycles. The predicted molar refractivity (Wildman–Crippen MR) is 76.1 cm³/mol. The largest absolute Gasteiger partial charge is 0.446 e. The Labute approximate surface area is 125 Å². The molecule has 1 saturated heterocycles. The molecule has 0 aliphatic carbocycles. The van der Waals surface area contributed by atoms with E-state index in [-0.39, 0.29) is 28.6 Å². The fourth-order valence-electron chi connectivity index (χ4n) is 2.48. The maximum Gasteiger partial charge on any atom is 0.446 e. The van der Waals surface area contributed by atoms with Gasteiger partial charge in [0, 0.05) is 29.6 Å². The van der Waals surface area contributed by atoms with E-state index in [1.807, 2.05) is 0 Å². The number of halogens is 3. The molecule has 2 rings (SSSR count). The van der Waals surface area contributed by atoms with E-state index in [0.717, 1.165) is 19.3 Å². The minimum atomic E-state index is -4.32. The van der Waals surface area contributed by atoms with Gasteiger partial charge >= 0.3 is 5.51 Å². The number of carbonyl (C=O) groups is 1. The zero-order valence-electron chi connectivity index (χ0n) is 11.4. The molecule has 1 aliphatic heterocycles. The van der Waals surface area contributed by atoms with Crippen molar-refractivity contribution in [3.05, 3.63) is 29.8 Å². The molecule has 1 amide bonds. The second-order valence-corrected chi connectivity index (χ2v) is 6.09. The van der Waals surface area contributed by atoms with Gasteiger partial charge in [0.1, 0.15) is 0 Å². The number of nitrogens with two attached hydrogens (primary N) is 1. The normalized spacial score (nSPS) is 19.6. The van der Waals surface area contributed by atoms with Crippen LogP contribution in [0.3, 0.4) is 0 Å². The molecule has 0 bridgehead atoms. The molecule has 1 aromatic rings. The van der Waals surface area contributed by atoms with Crippen LogP contribution in [0.5, 0.6) is 0 Å². The van der Waals surface area contributed by atoms with E-state index < -0.39 is 5.51 Å². The van der Waals surface area contributed by atoms with Crippen molar-refractivity contribution in [3.63, 3.8) is 0 Å². The van der Waals surface area contributed by atoms with E-state index in [2.05, 4.69) is 0 Å². The van der Waals surface area contributed by atoms with Crippen LogP contribution in [0.2, 0.25) is 0 Å². The number of nitrogens with zero attached hydrogens (tertiary/aromatic N) is 1. The van der Waals surface area contributed by atoms with E-state index in [4.69, 9.17) is 5.73 Å². The Kier molecular flexibility index (Phi) is 5.16. The average molecular weight is 318 g/mol. The molecule has 0 spiro atoms. The van der Waals surface area contributed by atoms with Gasteiger partial charge in [0.15, 0.2) is 0 Å². The first-order chi connectivity index (χ1) is 9.90. The van der Waals surface area contributed by atoms with Gasteiger partial charge in [-0.05, 0) is 55.3 Å². The Morgan fingerprint density at radius 1 is 1.29 bits per heavy atom. The lowest BCUT2D eigenvalue weighted by Crippen LogP contribution is -2.47. The molecular weight excluding hydrogens is 301 g/mol. The molecule has 1 unspecified atom stereocenters. The average Bonchev–Trinajstić information content (AvgIpc) is 2.45. The van der Waals surface area contributed by atoms with Gasteiger partial charge in [-0.1, -0.05) is 0 Å². The van der Waals surface area contributed by atoms with Crippen LogP contribution in [0.25, 0.3) is 0 Å². The molecule has 0 radical (unpaired) electrons. The highest BCUT2D eigenvalue weighted by atomic mass is 32.2. The Balaban J connectivity index is 2.08. The highest BCUT2D eigenvalue weighted by Gasteiger charge is 2.30. The molecule has 0 saturated carbocycles. The lowest BCUT2D eigenvalue weighted by Gasteiger charge is -2.35. The number of hydrogen-bond donors (Lipinski definition) is 1. The molecule has 21 heavy (non-hydrogen) atoms. The quantitative estimate of drug-likeness (QED) is 0.870. The fourth-order valence-corrected chi connectivity index (χ4v) is 3.02. The summed E-state index contributed by atoms with van der Waals surface area (Å²) in [6, 6.07) is 5.56. The summed E-state index contributed by atoms with van der Waals surface area (Å²) < 4.78 is 36.8. The second-order valence-electron chi connectivity index (χ2n) is 4.96. The molecule has 1 aliphatic rings. The number of benzene rings is 1. The Morgan fingerprint density at radius 2 is 1.95 bits per heavy atom. The molecule has 1 aromatic carbocycles. The molecule has 0 aromatic heterocycles. The second kappa shape index (κ2) is 6.70. The number of thioether (sulfide) groups is 1. The van der Waals surface area contributed by atoms with Gasteiger partial charge < -0.3 is 10.6 Å². The van der Waals surface area contributed by atoms with Crippen molar-refractivity contribution in [1.82, 2.24) is 4.90 Å². The van der Waals surface area contributed by atoms with Gasteiger partial charge in [0.05, 0.1) is 0 Å². The number of alkyl halides is 3. The minimum absolute atomic E-state index is 0.0236. The molecule has 1 fully saturated rings. The van der Waals surface area contributed by atoms with Gasteiger partial charge in [-0.2, -0.15) is 13.2 Å². The summed E-state index contributed by atoms with van der Waals surface area (Å²) >= 11 is -0.183. The summed E-state index contributed by atoms with van der Waals surface area (Å²) in [5.74, 6) is -0.159. The van der Waals surface area contributed by atoms with Gasteiger partial charge in [-0.3, -0.25) is 4.79 Å². The summed E-state index contributed by atoms with van der Waals surface area (Å²) in [5, 5.41) is 0. The van der Waals surface area contributed by atoms with Crippen molar-refractivity contribution in [2.24, 2.45) is 5.73 Å². The topological polar surface area (TPSA) is 46.3 Å². The van der Waals surface area contributed by atoms with Crippen LogP contribution in [0.15, 0.2) is 29.2 Å². The summed E-state index contributed by atoms with van der Waals surface area (Å²) in [6.07, 6.45) is 2.86. The van der Waals surface area contributed by atoms with Gasteiger partial charge in [0.2, 0.25) is 0 Å². The standard InChI is InChI=1S/C14H17F3N2OS/c15-14(16,17)21-12-6-4-10(5-7-12)13(20)19-8-2-1-3-11(19)9-18/h4-7,11H,1-3,8-9,18H2. The smallest absolute Gasteiger partial charge is 0.334 e. The summed E-state index contributed by atoms with van der Waals surface area (Å²) in [4.78, 5) is 14.2. The van der Waals surface area contributed by atoms with Gasteiger partial charge in [-0.15, -0.1) is 0 Å². The first-order valence-corrected chi connectivity index (χ1v) is 7.59.